The van der Waals surface area contributed by atoms with E-state index in [-0.39, 0.29) is 170 Å². The Bertz CT molecular complexity index is 8.75. The van der Waals surface area contributed by atoms with Gasteiger partial charge in [0.05, 0.1) is 0 Å². The molecule has 6 heteroatoms. The molecule has 0 radical (unpaired) electrons. The fraction of sp³-hybridized carbons (Fsp3) is 0. The van der Waals surface area contributed by atoms with Crippen molar-refractivity contribution in [3.63, 3.8) is 0 Å². The van der Waals surface area contributed by atoms with Gasteiger partial charge in [-0.25, -0.2) is 0 Å². The molecule has 0 N–H and O–H groups in total. The molecule has 0 aromatic rings. The van der Waals surface area contributed by atoms with Crippen molar-refractivity contribution < 1.29 is 21.7 Å². The molecule has 0 rings (SSSR count). The van der Waals surface area contributed by atoms with E-state index in [9.17, 15) is 0 Å². The number of nitrogens with zero attached hydrogens (tertiary/aromatic N) is 2. The second kappa shape index (κ2) is 32.2. The molecule has 0 aliphatic heterocycles. The first-order chi connectivity index (χ1) is 0. The quantitative estimate of drug-likeness (QED) is 0.531. The van der Waals surface area contributed by atoms with Gasteiger partial charge in [0.15, 0.2) is 0 Å². The Morgan fingerprint density at radius 1 is 0.500 bits per heavy atom. The standard InChI is InChI=1S/2N.3Sr.Ti/q2*-3;3*+2;. The molecule has 0 unspecified atom stereocenters. The van der Waals surface area contributed by atoms with Crippen LogP contribution in [0, 0.1) is 0 Å². The van der Waals surface area contributed by atoms with Crippen molar-refractivity contribution in [2.45, 2.75) is 0 Å². The predicted molar refractivity (Wildman–Crippen MR) is 24.0 cm³/mol. The topological polar surface area (TPSA) is 61.0 Å². The Balaban J connectivity index is 0. The average Bonchev–Trinajstić information content (AvgIpc) is 0. The maximum absolute atomic E-state index is 0. The van der Waals surface area contributed by atoms with E-state index in [2.05, 4.69) is 0 Å². The molecule has 6 heavy (non-hydrogen) atoms. The van der Waals surface area contributed by atoms with Crippen LogP contribution in [0.1, 0.15) is 0 Å². The van der Waals surface area contributed by atoms with Gasteiger partial charge in [-0.3, -0.25) is 0 Å². The zero-order valence-corrected chi connectivity index (χ0v) is 15.5. The van der Waals surface area contributed by atoms with Crippen LogP contribution in [-0.4, -0.2) is 136 Å². The van der Waals surface area contributed by atoms with Crippen LogP contribution in [0.25, 0.3) is 12.3 Å². The summed E-state index contributed by atoms with van der Waals surface area (Å²) in [5, 5.41) is 0. The SMILES string of the molecule is [N-3].[N-3].[Sr+2].[Sr+2].[Sr+2].[Ti]. The van der Waals surface area contributed by atoms with Gasteiger partial charge in [0.2, 0.25) is 0 Å². The Labute approximate surface area is 165 Å². The van der Waals surface area contributed by atoms with Crippen LogP contribution < -0.4 is 0 Å². The van der Waals surface area contributed by atoms with Crippen molar-refractivity contribution in [1.82, 2.24) is 0 Å². The van der Waals surface area contributed by atoms with Crippen LogP contribution in [0.15, 0.2) is 0 Å². The summed E-state index contributed by atoms with van der Waals surface area (Å²) >= 11 is 0. The van der Waals surface area contributed by atoms with E-state index in [1.807, 2.05) is 0 Å². The molecule has 0 aliphatic carbocycles. The van der Waals surface area contributed by atoms with Crippen molar-refractivity contribution in [2.75, 3.05) is 0 Å². The maximum atomic E-state index is 0. The molecule has 0 aromatic carbocycles. The van der Waals surface area contributed by atoms with Crippen molar-refractivity contribution >= 4 is 136 Å². The van der Waals surface area contributed by atoms with Gasteiger partial charge in [-0.05, 0) is 0 Å². The molecule has 0 aliphatic rings. The number of rotatable bonds is 0. The Hall–Kier alpha value is 5.08. The minimum atomic E-state index is 0. The van der Waals surface area contributed by atoms with Gasteiger partial charge in [0.1, 0.15) is 0 Å². The summed E-state index contributed by atoms with van der Waals surface area (Å²) in [7, 11) is 0. The second-order valence-electron chi connectivity index (χ2n) is 0. The van der Waals surface area contributed by atoms with Crippen LogP contribution >= 0.6 is 0 Å². The average molecular weight is 339 g/mol. The summed E-state index contributed by atoms with van der Waals surface area (Å²) < 4.78 is 0. The zero-order chi connectivity index (χ0) is 0. The summed E-state index contributed by atoms with van der Waals surface area (Å²) in [6.07, 6.45) is 0. The first-order valence-electron chi connectivity index (χ1n) is 0. The molecule has 0 amide bonds. The van der Waals surface area contributed by atoms with Gasteiger partial charge in [-0.15, -0.1) is 0 Å². The van der Waals surface area contributed by atoms with Crippen molar-refractivity contribution in [2.24, 2.45) is 0 Å². The Kier molecular flexibility index (Phi) is 234. The third kappa shape index (κ3) is 23.0. The maximum Gasteiger partial charge on any atom is 2.00 e. The molecular formula is N2Sr3Ti. The Morgan fingerprint density at radius 3 is 0.500 bits per heavy atom. The summed E-state index contributed by atoms with van der Waals surface area (Å²) in [6, 6.07) is 0. The zero-order valence-electron chi connectivity index (χ0n) is 3.52. The molecule has 0 saturated carbocycles. The van der Waals surface area contributed by atoms with E-state index in [1.54, 1.807) is 0 Å². The molecule has 2 nitrogen and oxygen atoms in total. The summed E-state index contributed by atoms with van der Waals surface area (Å²) in [4.78, 5) is 0. The molecule has 0 bridgehead atoms. The summed E-state index contributed by atoms with van der Waals surface area (Å²) in [6.45, 7) is 0. The molecule has 0 aromatic heterocycles. The number of hydrogen-bond donors (Lipinski definition) is 0. The molecule has 0 atom stereocenters. The van der Waals surface area contributed by atoms with E-state index >= 15 is 0 Å². The van der Waals surface area contributed by atoms with Gasteiger partial charge in [-0.1, -0.05) is 0 Å². The monoisotopic (exact) mass is 340 g/mol. The summed E-state index contributed by atoms with van der Waals surface area (Å²) in [5.41, 5.74) is 0. The van der Waals surface area contributed by atoms with Gasteiger partial charge >= 0.3 is 136 Å². The number of hydrogen-bond acceptors (Lipinski definition) is 0. The van der Waals surface area contributed by atoms with Crippen LogP contribution in [-0.2, 0) is 21.7 Å². The van der Waals surface area contributed by atoms with E-state index < -0.39 is 0 Å². The molecule has 0 spiro atoms. The first-order valence-corrected chi connectivity index (χ1v) is 0. The van der Waals surface area contributed by atoms with Crippen molar-refractivity contribution in [3.8, 4) is 0 Å². The molecule has 0 saturated heterocycles. The van der Waals surface area contributed by atoms with E-state index in [0.29, 0.717) is 0 Å². The van der Waals surface area contributed by atoms with Gasteiger partial charge in [0, 0.05) is 21.7 Å². The van der Waals surface area contributed by atoms with Crippen LogP contribution in [0.3, 0.4) is 0 Å². The predicted octanol–water partition coefficient (Wildman–Crippen LogP) is -0.568. The van der Waals surface area contributed by atoms with Crippen LogP contribution in [0.2, 0.25) is 0 Å². The van der Waals surface area contributed by atoms with Gasteiger partial charge in [-0.2, -0.15) is 0 Å². The van der Waals surface area contributed by atoms with E-state index in [4.69, 9.17) is 0 Å². The van der Waals surface area contributed by atoms with E-state index in [1.165, 1.54) is 0 Å². The third-order valence-electron chi connectivity index (χ3n) is 0. The van der Waals surface area contributed by atoms with Gasteiger partial charge in [0.25, 0.3) is 0 Å². The molecular weight excluding hydrogens is 339 g/mol. The third-order valence-corrected chi connectivity index (χ3v) is 0. The minimum absolute atomic E-state index is 0. The fourth-order valence-electron chi connectivity index (χ4n) is 0. The fourth-order valence-corrected chi connectivity index (χ4v) is 0. The second-order valence-corrected chi connectivity index (χ2v) is 0. The minimum Gasteiger partial charge on any atom is -3.00 e. The van der Waals surface area contributed by atoms with Crippen LogP contribution in [0.5, 0.6) is 0 Å². The van der Waals surface area contributed by atoms with E-state index in [0.717, 1.165) is 0 Å². The largest absolute Gasteiger partial charge is 3.00 e. The van der Waals surface area contributed by atoms with Gasteiger partial charge < -0.3 is 12.3 Å². The van der Waals surface area contributed by atoms with Crippen molar-refractivity contribution in [1.29, 1.82) is 0 Å². The molecule has 0 heterocycles. The molecule has 20 valence electrons. The smallest absolute Gasteiger partial charge is 2.00 e. The summed E-state index contributed by atoms with van der Waals surface area (Å²) in [5.74, 6) is 0. The molecule has 0 fully saturated rings. The normalized spacial score (nSPS) is 0. The first kappa shape index (κ1) is 43.6. The van der Waals surface area contributed by atoms with Crippen LogP contribution in [0.4, 0.5) is 0 Å². The van der Waals surface area contributed by atoms with Crippen molar-refractivity contribution in [3.05, 3.63) is 12.3 Å². The Morgan fingerprint density at radius 2 is 0.500 bits per heavy atom.